The van der Waals surface area contributed by atoms with Crippen LogP contribution >= 0.6 is 0 Å². The minimum atomic E-state index is -4.40. The van der Waals surface area contributed by atoms with E-state index in [0.717, 1.165) is 12.1 Å². The standard InChI is InChI=1S/C13H18F3NO2/c1-17(2)6-7-19-9-12(18)10-4-3-5-11(8-10)13(14,15)16/h3-5,8,12,18H,6-7,9H2,1-2H3. The lowest BCUT2D eigenvalue weighted by Crippen LogP contribution is -2.19. The Kier molecular flexibility index (Phi) is 5.78. The van der Waals surface area contributed by atoms with Gasteiger partial charge in [-0.15, -0.1) is 0 Å². The van der Waals surface area contributed by atoms with E-state index in [9.17, 15) is 18.3 Å². The minimum absolute atomic E-state index is 0.0187. The van der Waals surface area contributed by atoms with Crippen molar-refractivity contribution in [3.8, 4) is 0 Å². The van der Waals surface area contributed by atoms with Gasteiger partial charge < -0.3 is 14.7 Å². The lowest BCUT2D eigenvalue weighted by molar-refractivity contribution is -0.137. The number of benzene rings is 1. The van der Waals surface area contributed by atoms with Gasteiger partial charge in [0.2, 0.25) is 0 Å². The van der Waals surface area contributed by atoms with Gasteiger partial charge >= 0.3 is 6.18 Å². The minimum Gasteiger partial charge on any atom is -0.386 e. The van der Waals surface area contributed by atoms with Crippen molar-refractivity contribution in [1.29, 1.82) is 0 Å². The zero-order chi connectivity index (χ0) is 14.5. The van der Waals surface area contributed by atoms with Gasteiger partial charge in [-0.2, -0.15) is 13.2 Å². The quantitative estimate of drug-likeness (QED) is 0.810. The molecule has 0 amide bonds. The SMILES string of the molecule is CN(C)CCOCC(O)c1cccc(C(F)(F)F)c1. The molecule has 1 aromatic carbocycles. The Morgan fingerprint density at radius 2 is 2.00 bits per heavy atom. The summed E-state index contributed by atoms with van der Waals surface area (Å²) in [5, 5.41) is 9.77. The van der Waals surface area contributed by atoms with Crippen LogP contribution in [0, 0.1) is 0 Å². The molecule has 1 aromatic rings. The molecule has 19 heavy (non-hydrogen) atoms. The molecule has 108 valence electrons. The average Bonchev–Trinajstić information content (AvgIpc) is 2.33. The molecule has 0 fully saturated rings. The van der Waals surface area contributed by atoms with Crippen LogP contribution in [0.15, 0.2) is 24.3 Å². The van der Waals surface area contributed by atoms with E-state index in [4.69, 9.17) is 4.74 Å². The smallest absolute Gasteiger partial charge is 0.386 e. The van der Waals surface area contributed by atoms with Crippen LogP contribution in [-0.2, 0) is 10.9 Å². The maximum atomic E-state index is 12.5. The van der Waals surface area contributed by atoms with Crippen LogP contribution in [0.1, 0.15) is 17.2 Å². The third kappa shape index (κ3) is 5.59. The molecular weight excluding hydrogens is 259 g/mol. The van der Waals surface area contributed by atoms with Crippen molar-refractivity contribution in [1.82, 2.24) is 4.90 Å². The van der Waals surface area contributed by atoms with Crippen LogP contribution in [0.5, 0.6) is 0 Å². The molecule has 0 radical (unpaired) electrons. The van der Waals surface area contributed by atoms with Crippen LogP contribution in [0.4, 0.5) is 13.2 Å². The number of hydrogen-bond donors (Lipinski definition) is 1. The Hall–Kier alpha value is -1.11. The van der Waals surface area contributed by atoms with Crippen molar-refractivity contribution in [2.24, 2.45) is 0 Å². The van der Waals surface area contributed by atoms with E-state index in [1.54, 1.807) is 0 Å². The fraction of sp³-hybridized carbons (Fsp3) is 0.538. The Balaban J connectivity index is 2.55. The molecule has 0 aromatic heterocycles. The highest BCUT2D eigenvalue weighted by molar-refractivity contribution is 5.27. The third-order valence-corrected chi connectivity index (χ3v) is 2.56. The lowest BCUT2D eigenvalue weighted by Gasteiger charge is -2.15. The highest BCUT2D eigenvalue weighted by Crippen LogP contribution is 2.30. The molecule has 0 heterocycles. The van der Waals surface area contributed by atoms with E-state index < -0.39 is 17.8 Å². The molecular formula is C13H18F3NO2. The number of hydrogen-bond acceptors (Lipinski definition) is 3. The molecule has 0 aliphatic heterocycles. The van der Waals surface area contributed by atoms with Crippen molar-refractivity contribution in [2.45, 2.75) is 12.3 Å². The fourth-order valence-corrected chi connectivity index (χ4v) is 1.46. The normalized spacial score (nSPS) is 13.8. The Bertz CT molecular complexity index is 394. The first kappa shape index (κ1) is 15.9. The highest BCUT2D eigenvalue weighted by Gasteiger charge is 2.30. The molecule has 0 saturated heterocycles. The first-order chi connectivity index (χ1) is 8.80. The van der Waals surface area contributed by atoms with Gasteiger partial charge in [-0.25, -0.2) is 0 Å². The summed E-state index contributed by atoms with van der Waals surface area (Å²) in [7, 11) is 3.76. The van der Waals surface area contributed by atoms with Gasteiger partial charge in [0.25, 0.3) is 0 Å². The van der Waals surface area contributed by atoms with Crippen molar-refractivity contribution in [3.05, 3.63) is 35.4 Å². The van der Waals surface area contributed by atoms with Gasteiger partial charge in [-0.1, -0.05) is 12.1 Å². The summed E-state index contributed by atoms with van der Waals surface area (Å²) in [5.74, 6) is 0. The summed E-state index contributed by atoms with van der Waals surface area (Å²) in [6.07, 6.45) is -5.45. The van der Waals surface area contributed by atoms with Crippen molar-refractivity contribution in [2.75, 3.05) is 33.9 Å². The van der Waals surface area contributed by atoms with Crippen molar-refractivity contribution < 1.29 is 23.0 Å². The molecule has 0 aliphatic rings. The second-order valence-corrected chi connectivity index (χ2v) is 4.52. The van der Waals surface area contributed by atoms with Gasteiger partial charge in [0.15, 0.2) is 0 Å². The van der Waals surface area contributed by atoms with Gasteiger partial charge in [-0.3, -0.25) is 0 Å². The first-order valence-corrected chi connectivity index (χ1v) is 5.88. The van der Waals surface area contributed by atoms with Gasteiger partial charge in [0.1, 0.15) is 6.10 Å². The summed E-state index contributed by atoms with van der Waals surface area (Å²) >= 11 is 0. The Morgan fingerprint density at radius 1 is 1.32 bits per heavy atom. The molecule has 3 nitrogen and oxygen atoms in total. The molecule has 0 aliphatic carbocycles. The lowest BCUT2D eigenvalue weighted by atomic mass is 10.1. The molecule has 1 N–H and O–H groups in total. The fourth-order valence-electron chi connectivity index (χ4n) is 1.46. The molecule has 0 bridgehead atoms. The zero-order valence-electron chi connectivity index (χ0n) is 10.9. The summed E-state index contributed by atoms with van der Waals surface area (Å²) in [6.45, 7) is 1.09. The van der Waals surface area contributed by atoms with Crippen molar-refractivity contribution >= 4 is 0 Å². The monoisotopic (exact) mass is 277 g/mol. The first-order valence-electron chi connectivity index (χ1n) is 5.88. The van der Waals surface area contributed by atoms with E-state index in [0.29, 0.717) is 13.2 Å². The maximum absolute atomic E-state index is 12.5. The number of nitrogens with zero attached hydrogens (tertiary/aromatic N) is 1. The molecule has 0 spiro atoms. The van der Waals surface area contributed by atoms with E-state index in [1.807, 2.05) is 19.0 Å². The van der Waals surface area contributed by atoms with E-state index in [-0.39, 0.29) is 12.2 Å². The number of halogens is 3. The Morgan fingerprint density at radius 3 is 2.58 bits per heavy atom. The summed E-state index contributed by atoms with van der Waals surface area (Å²) < 4.78 is 42.7. The van der Waals surface area contributed by atoms with E-state index >= 15 is 0 Å². The molecule has 1 unspecified atom stereocenters. The molecule has 1 rings (SSSR count). The molecule has 1 atom stereocenters. The number of aliphatic hydroxyl groups is 1. The highest BCUT2D eigenvalue weighted by atomic mass is 19.4. The van der Waals surface area contributed by atoms with E-state index in [2.05, 4.69) is 0 Å². The van der Waals surface area contributed by atoms with Gasteiger partial charge in [0, 0.05) is 6.54 Å². The second kappa shape index (κ2) is 6.88. The summed E-state index contributed by atoms with van der Waals surface area (Å²) in [6, 6.07) is 4.65. The van der Waals surface area contributed by atoms with Crippen LogP contribution in [0.25, 0.3) is 0 Å². The van der Waals surface area contributed by atoms with Crippen LogP contribution in [0.2, 0.25) is 0 Å². The second-order valence-electron chi connectivity index (χ2n) is 4.52. The van der Waals surface area contributed by atoms with Crippen LogP contribution in [-0.4, -0.2) is 43.9 Å². The van der Waals surface area contributed by atoms with Crippen molar-refractivity contribution in [3.63, 3.8) is 0 Å². The number of likely N-dealkylation sites (N-methyl/N-ethyl adjacent to an activating group) is 1. The Labute approximate surface area is 110 Å². The number of ether oxygens (including phenoxy) is 1. The van der Waals surface area contributed by atoms with Gasteiger partial charge in [0.05, 0.1) is 18.8 Å². The average molecular weight is 277 g/mol. The zero-order valence-corrected chi connectivity index (χ0v) is 10.9. The van der Waals surface area contributed by atoms with Crippen LogP contribution < -0.4 is 0 Å². The largest absolute Gasteiger partial charge is 0.416 e. The third-order valence-electron chi connectivity index (χ3n) is 2.56. The number of alkyl halides is 3. The predicted molar refractivity (Wildman–Crippen MR) is 65.8 cm³/mol. The van der Waals surface area contributed by atoms with E-state index in [1.165, 1.54) is 12.1 Å². The summed E-state index contributed by atoms with van der Waals surface area (Å²) in [5.41, 5.74) is -0.558. The van der Waals surface area contributed by atoms with Gasteiger partial charge in [-0.05, 0) is 31.8 Å². The molecule has 0 saturated carbocycles. The topological polar surface area (TPSA) is 32.7 Å². The summed E-state index contributed by atoms with van der Waals surface area (Å²) in [4.78, 5) is 1.91. The van der Waals surface area contributed by atoms with Crippen LogP contribution in [0.3, 0.4) is 0 Å². The predicted octanol–water partition coefficient (Wildman–Crippen LogP) is 2.32. The number of aliphatic hydroxyl groups excluding tert-OH is 1. The number of rotatable bonds is 6. The molecule has 6 heteroatoms. The maximum Gasteiger partial charge on any atom is 0.416 e.